The molecule has 0 amide bonds. The molecule has 1 atom stereocenters. The van der Waals surface area contributed by atoms with E-state index in [0.29, 0.717) is 12.0 Å². The molecule has 1 N–H and O–H groups in total. The molecule has 5 nitrogen and oxygen atoms in total. The Balaban J connectivity index is 1.76. The topological polar surface area (TPSA) is 52.0 Å². The number of nitrogens with zero attached hydrogens (tertiary/aromatic N) is 3. The highest BCUT2D eigenvalue weighted by atomic mass is 16.5. The van der Waals surface area contributed by atoms with Crippen LogP contribution in [-0.4, -0.2) is 40.6 Å². The maximum absolute atomic E-state index is 5.73. The molecule has 0 radical (unpaired) electrons. The molecule has 0 saturated carbocycles. The first kappa shape index (κ1) is 12.1. The summed E-state index contributed by atoms with van der Waals surface area (Å²) < 4.78 is 8.02. The molecule has 1 aromatic rings. The number of hydrogen-bond acceptors (Lipinski definition) is 4. The van der Waals surface area contributed by atoms with Crippen LogP contribution < -0.4 is 5.32 Å². The van der Waals surface area contributed by atoms with Crippen molar-refractivity contribution >= 4 is 0 Å². The molecule has 2 saturated heterocycles. The monoisotopic (exact) mass is 250 g/mol. The fourth-order valence-electron chi connectivity index (χ4n) is 3.00. The van der Waals surface area contributed by atoms with Gasteiger partial charge < -0.3 is 14.6 Å². The highest BCUT2D eigenvalue weighted by Gasteiger charge is 2.24. The number of rotatable bonds is 3. The molecule has 2 aliphatic heterocycles. The summed E-state index contributed by atoms with van der Waals surface area (Å²) in [4.78, 5) is 0. The SMILES string of the molecule is Cc1nnc(C2CCNCC2)n1CC1CCCO1. The Hall–Kier alpha value is -0.940. The molecule has 0 spiro atoms. The summed E-state index contributed by atoms with van der Waals surface area (Å²) in [6, 6.07) is 0. The van der Waals surface area contributed by atoms with Gasteiger partial charge in [0.1, 0.15) is 11.6 Å². The van der Waals surface area contributed by atoms with E-state index >= 15 is 0 Å². The lowest BCUT2D eigenvalue weighted by atomic mass is 9.97. The minimum Gasteiger partial charge on any atom is -0.376 e. The second kappa shape index (κ2) is 5.36. The number of ether oxygens (including phenoxy) is 1. The lowest BCUT2D eigenvalue weighted by Gasteiger charge is -2.23. The zero-order chi connectivity index (χ0) is 12.4. The number of aromatic nitrogens is 3. The van der Waals surface area contributed by atoms with Crippen molar-refractivity contribution in [3.63, 3.8) is 0 Å². The smallest absolute Gasteiger partial charge is 0.136 e. The quantitative estimate of drug-likeness (QED) is 0.876. The molecule has 0 bridgehead atoms. The van der Waals surface area contributed by atoms with Gasteiger partial charge in [-0.15, -0.1) is 10.2 Å². The van der Waals surface area contributed by atoms with Crippen molar-refractivity contribution in [2.75, 3.05) is 19.7 Å². The van der Waals surface area contributed by atoms with Gasteiger partial charge in [0.2, 0.25) is 0 Å². The molecule has 0 aliphatic carbocycles. The minimum atomic E-state index is 0.361. The van der Waals surface area contributed by atoms with Crippen molar-refractivity contribution < 1.29 is 4.74 Å². The molecule has 1 aromatic heterocycles. The average Bonchev–Trinajstić information content (AvgIpc) is 3.03. The lowest BCUT2D eigenvalue weighted by molar-refractivity contribution is 0.0952. The van der Waals surface area contributed by atoms with Crippen molar-refractivity contribution in [1.82, 2.24) is 20.1 Å². The van der Waals surface area contributed by atoms with Crippen LogP contribution in [0.25, 0.3) is 0 Å². The van der Waals surface area contributed by atoms with Gasteiger partial charge in [-0.2, -0.15) is 0 Å². The maximum atomic E-state index is 5.73. The van der Waals surface area contributed by atoms with Gasteiger partial charge in [-0.3, -0.25) is 0 Å². The molecule has 5 heteroatoms. The summed E-state index contributed by atoms with van der Waals surface area (Å²) >= 11 is 0. The van der Waals surface area contributed by atoms with Crippen molar-refractivity contribution in [2.45, 2.75) is 51.2 Å². The Bertz CT molecular complexity index is 392. The summed E-state index contributed by atoms with van der Waals surface area (Å²) in [6.07, 6.45) is 5.06. The van der Waals surface area contributed by atoms with Crippen LogP contribution >= 0.6 is 0 Å². The molecule has 2 fully saturated rings. The van der Waals surface area contributed by atoms with Crippen molar-refractivity contribution in [3.8, 4) is 0 Å². The third-order valence-electron chi connectivity index (χ3n) is 4.08. The molecule has 2 aliphatic rings. The first-order chi connectivity index (χ1) is 8.84. The van der Waals surface area contributed by atoms with Crippen LogP contribution in [0.15, 0.2) is 0 Å². The summed E-state index contributed by atoms with van der Waals surface area (Å²) in [5, 5.41) is 12.1. The van der Waals surface area contributed by atoms with Gasteiger partial charge in [0.05, 0.1) is 12.6 Å². The second-order valence-electron chi connectivity index (χ2n) is 5.38. The van der Waals surface area contributed by atoms with Crippen LogP contribution in [0.3, 0.4) is 0 Å². The van der Waals surface area contributed by atoms with Crippen LogP contribution in [0, 0.1) is 6.92 Å². The molecule has 18 heavy (non-hydrogen) atoms. The number of aryl methyl sites for hydroxylation is 1. The van der Waals surface area contributed by atoms with Gasteiger partial charge >= 0.3 is 0 Å². The zero-order valence-electron chi connectivity index (χ0n) is 11.1. The van der Waals surface area contributed by atoms with Crippen LogP contribution in [0.4, 0.5) is 0 Å². The predicted octanol–water partition coefficient (Wildman–Crippen LogP) is 1.23. The first-order valence-corrected chi connectivity index (χ1v) is 7.06. The largest absolute Gasteiger partial charge is 0.376 e. The van der Waals surface area contributed by atoms with E-state index < -0.39 is 0 Å². The van der Waals surface area contributed by atoms with Gasteiger partial charge in [0.25, 0.3) is 0 Å². The van der Waals surface area contributed by atoms with E-state index in [4.69, 9.17) is 4.74 Å². The summed E-state index contributed by atoms with van der Waals surface area (Å²) in [7, 11) is 0. The van der Waals surface area contributed by atoms with E-state index in [1.807, 2.05) is 6.92 Å². The third-order valence-corrected chi connectivity index (χ3v) is 4.08. The number of nitrogens with one attached hydrogen (secondary N) is 1. The van der Waals surface area contributed by atoms with Gasteiger partial charge in [-0.1, -0.05) is 0 Å². The Morgan fingerprint density at radius 3 is 2.83 bits per heavy atom. The van der Waals surface area contributed by atoms with Gasteiger partial charge in [0, 0.05) is 12.5 Å². The van der Waals surface area contributed by atoms with E-state index in [1.165, 1.54) is 31.5 Å². The van der Waals surface area contributed by atoms with Gasteiger partial charge in [0.15, 0.2) is 0 Å². The third kappa shape index (κ3) is 2.42. The van der Waals surface area contributed by atoms with E-state index in [-0.39, 0.29) is 0 Å². The van der Waals surface area contributed by atoms with Crippen LogP contribution in [-0.2, 0) is 11.3 Å². The second-order valence-corrected chi connectivity index (χ2v) is 5.38. The fourth-order valence-corrected chi connectivity index (χ4v) is 3.00. The van der Waals surface area contributed by atoms with E-state index in [1.54, 1.807) is 0 Å². The Labute approximate surface area is 108 Å². The summed E-state index contributed by atoms with van der Waals surface area (Å²) in [5.41, 5.74) is 0. The molecule has 3 heterocycles. The molecule has 1 unspecified atom stereocenters. The summed E-state index contributed by atoms with van der Waals surface area (Å²) in [5.74, 6) is 2.76. The summed E-state index contributed by atoms with van der Waals surface area (Å²) in [6.45, 7) is 6.08. The van der Waals surface area contributed by atoms with Crippen molar-refractivity contribution in [2.24, 2.45) is 0 Å². The molecule has 0 aromatic carbocycles. The Morgan fingerprint density at radius 2 is 2.11 bits per heavy atom. The fraction of sp³-hybridized carbons (Fsp3) is 0.846. The van der Waals surface area contributed by atoms with Crippen molar-refractivity contribution in [3.05, 3.63) is 11.6 Å². The van der Waals surface area contributed by atoms with Crippen molar-refractivity contribution in [1.29, 1.82) is 0 Å². The predicted molar refractivity (Wildman–Crippen MR) is 68.6 cm³/mol. The van der Waals surface area contributed by atoms with Gasteiger partial charge in [-0.25, -0.2) is 0 Å². The Kier molecular flexibility index (Phi) is 3.61. The maximum Gasteiger partial charge on any atom is 0.136 e. The van der Waals surface area contributed by atoms with E-state index in [0.717, 1.165) is 32.1 Å². The van der Waals surface area contributed by atoms with E-state index in [9.17, 15) is 0 Å². The molecular formula is C13H22N4O. The van der Waals surface area contributed by atoms with Crippen LogP contribution in [0.2, 0.25) is 0 Å². The lowest BCUT2D eigenvalue weighted by Crippen LogP contribution is -2.29. The number of hydrogen-bond donors (Lipinski definition) is 1. The molecule has 100 valence electrons. The number of piperidine rings is 1. The standard InChI is InChI=1S/C13H22N4O/c1-10-15-16-13(11-4-6-14-7-5-11)17(10)9-12-3-2-8-18-12/h11-12,14H,2-9H2,1H3. The van der Waals surface area contributed by atoms with Crippen LogP contribution in [0.5, 0.6) is 0 Å². The zero-order valence-corrected chi connectivity index (χ0v) is 11.1. The molecular weight excluding hydrogens is 228 g/mol. The van der Waals surface area contributed by atoms with Crippen LogP contribution in [0.1, 0.15) is 43.3 Å². The highest BCUT2D eigenvalue weighted by molar-refractivity contribution is 5.03. The minimum absolute atomic E-state index is 0.361. The normalized spacial score (nSPS) is 25.7. The van der Waals surface area contributed by atoms with E-state index in [2.05, 4.69) is 20.1 Å². The Morgan fingerprint density at radius 1 is 1.28 bits per heavy atom. The van der Waals surface area contributed by atoms with Gasteiger partial charge in [-0.05, 0) is 45.7 Å². The highest BCUT2D eigenvalue weighted by Crippen LogP contribution is 2.25. The first-order valence-electron chi connectivity index (χ1n) is 7.06. The average molecular weight is 250 g/mol. The molecule has 3 rings (SSSR count).